The fourth-order valence-electron chi connectivity index (χ4n) is 4.09. The number of nitrogens with one attached hydrogen (secondary N) is 1. The lowest BCUT2D eigenvalue weighted by Gasteiger charge is -2.21. The van der Waals surface area contributed by atoms with Crippen molar-refractivity contribution < 1.29 is 24.3 Å². The number of rotatable bonds is 8. The van der Waals surface area contributed by atoms with Crippen LogP contribution in [0.4, 0.5) is 17.1 Å². The lowest BCUT2D eigenvalue weighted by molar-refractivity contribution is -0.385. The van der Waals surface area contributed by atoms with E-state index in [-0.39, 0.29) is 24.8 Å². The average molecular weight is 463 g/mol. The molecule has 0 saturated carbocycles. The highest BCUT2D eigenvalue weighted by Gasteiger charge is 2.28. The SMILES string of the molecule is CNc1cc(OCc2cc(CO)cc([N+](=O)[O-])c2)c(OC)cc1C(=O)N1CCc2ccccc21. The van der Waals surface area contributed by atoms with E-state index in [1.165, 1.54) is 19.2 Å². The quantitative estimate of drug-likeness (QED) is 0.384. The molecule has 0 aromatic heterocycles. The van der Waals surface area contributed by atoms with E-state index in [0.29, 0.717) is 40.4 Å². The summed E-state index contributed by atoms with van der Waals surface area (Å²) in [6.07, 6.45) is 0.800. The number of hydrogen-bond donors (Lipinski definition) is 2. The van der Waals surface area contributed by atoms with Gasteiger partial charge in [-0.3, -0.25) is 14.9 Å². The van der Waals surface area contributed by atoms with Crippen molar-refractivity contribution in [1.82, 2.24) is 0 Å². The summed E-state index contributed by atoms with van der Waals surface area (Å²) in [5, 5.41) is 23.6. The molecule has 1 heterocycles. The summed E-state index contributed by atoms with van der Waals surface area (Å²) in [4.78, 5) is 25.8. The molecule has 9 heteroatoms. The lowest BCUT2D eigenvalue weighted by atomic mass is 10.1. The number of aliphatic hydroxyl groups excluding tert-OH is 1. The molecule has 0 radical (unpaired) electrons. The molecule has 0 aliphatic carbocycles. The first kappa shape index (κ1) is 23.1. The molecule has 0 spiro atoms. The van der Waals surface area contributed by atoms with Crippen LogP contribution < -0.4 is 19.7 Å². The summed E-state index contributed by atoms with van der Waals surface area (Å²) < 4.78 is 11.4. The number of fused-ring (bicyclic) bond motifs is 1. The summed E-state index contributed by atoms with van der Waals surface area (Å²) in [5.41, 5.74) is 3.87. The van der Waals surface area contributed by atoms with Crippen LogP contribution in [-0.2, 0) is 19.6 Å². The van der Waals surface area contributed by atoms with Gasteiger partial charge in [-0.25, -0.2) is 0 Å². The van der Waals surface area contributed by atoms with Crippen LogP contribution in [0.25, 0.3) is 0 Å². The second kappa shape index (κ2) is 9.80. The number of nitro benzene ring substituents is 1. The maximum absolute atomic E-state index is 13.4. The lowest BCUT2D eigenvalue weighted by Crippen LogP contribution is -2.29. The average Bonchev–Trinajstić information content (AvgIpc) is 3.30. The number of carbonyl (C=O) groups is 1. The molecular formula is C25H25N3O6. The Morgan fingerprint density at radius 2 is 1.91 bits per heavy atom. The normalized spacial score (nSPS) is 12.3. The van der Waals surface area contributed by atoms with Gasteiger partial charge in [0, 0.05) is 37.5 Å². The molecule has 176 valence electrons. The monoisotopic (exact) mass is 463 g/mol. The third-order valence-electron chi connectivity index (χ3n) is 5.76. The highest BCUT2D eigenvalue weighted by Crippen LogP contribution is 2.37. The number of nitrogens with zero attached hydrogens (tertiary/aromatic N) is 2. The minimum atomic E-state index is -0.515. The summed E-state index contributed by atoms with van der Waals surface area (Å²) in [5.74, 6) is 0.593. The molecule has 3 aromatic carbocycles. The van der Waals surface area contributed by atoms with E-state index in [1.807, 2.05) is 24.3 Å². The Labute approximate surface area is 196 Å². The summed E-state index contributed by atoms with van der Waals surface area (Å²) in [6.45, 7) is 0.293. The van der Waals surface area contributed by atoms with Crippen LogP contribution in [-0.4, -0.2) is 36.6 Å². The second-order valence-electron chi connectivity index (χ2n) is 7.85. The van der Waals surface area contributed by atoms with E-state index < -0.39 is 4.92 Å². The fourth-order valence-corrected chi connectivity index (χ4v) is 4.09. The van der Waals surface area contributed by atoms with Crippen molar-refractivity contribution in [3.8, 4) is 11.5 Å². The molecule has 9 nitrogen and oxygen atoms in total. The summed E-state index contributed by atoms with van der Waals surface area (Å²) >= 11 is 0. The third kappa shape index (κ3) is 4.51. The van der Waals surface area contributed by atoms with Crippen LogP contribution in [0, 0.1) is 10.1 Å². The molecule has 0 bridgehead atoms. The van der Waals surface area contributed by atoms with Crippen LogP contribution in [0.5, 0.6) is 11.5 Å². The number of amides is 1. The Morgan fingerprint density at radius 1 is 1.15 bits per heavy atom. The van der Waals surface area contributed by atoms with Crippen molar-refractivity contribution in [3.05, 3.63) is 87.0 Å². The van der Waals surface area contributed by atoms with Crippen molar-refractivity contribution >= 4 is 23.0 Å². The standard InChI is InChI=1S/C25H25N3O6/c1-26-21-13-24(34-15-17-9-16(14-29)10-19(11-17)28(31)32)23(33-2)12-20(21)25(30)27-8-7-18-5-3-4-6-22(18)27/h3-6,9-13,26,29H,7-8,14-15H2,1-2H3. The van der Waals surface area contributed by atoms with Crippen molar-refractivity contribution in [1.29, 1.82) is 0 Å². The molecule has 0 saturated heterocycles. The third-order valence-corrected chi connectivity index (χ3v) is 5.76. The number of methoxy groups -OCH3 is 1. The van der Waals surface area contributed by atoms with Crippen LogP contribution in [0.3, 0.4) is 0 Å². The van der Waals surface area contributed by atoms with Crippen LogP contribution in [0.2, 0.25) is 0 Å². The van der Waals surface area contributed by atoms with Gasteiger partial charge in [-0.1, -0.05) is 18.2 Å². The Bertz CT molecular complexity index is 1240. The van der Waals surface area contributed by atoms with Gasteiger partial charge < -0.3 is 24.8 Å². The Morgan fingerprint density at radius 3 is 2.62 bits per heavy atom. The molecule has 0 unspecified atom stereocenters. The molecular weight excluding hydrogens is 438 g/mol. The fraction of sp³-hybridized carbons (Fsp3) is 0.240. The number of benzene rings is 3. The Hall–Kier alpha value is -4.11. The maximum Gasteiger partial charge on any atom is 0.270 e. The second-order valence-corrected chi connectivity index (χ2v) is 7.85. The molecule has 0 atom stereocenters. The number of carbonyl (C=O) groups excluding carboxylic acids is 1. The van der Waals surface area contributed by atoms with E-state index in [1.54, 1.807) is 30.1 Å². The maximum atomic E-state index is 13.4. The van der Waals surface area contributed by atoms with E-state index in [0.717, 1.165) is 17.7 Å². The van der Waals surface area contributed by atoms with Gasteiger partial charge in [0.2, 0.25) is 0 Å². The van der Waals surface area contributed by atoms with Crippen molar-refractivity contribution in [3.63, 3.8) is 0 Å². The zero-order valence-corrected chi connectivity index (χ0v) is 18.9. The molecule has 1 aliphatic heterocycles. The van der Waals surface area contributed by atoms with Gasteiger partial charge in [-0.05, 0) is 41.3 Å². The van der Waals surface area contributed by atoms with Gasteiger partial charge >= 0.3 is 0 Å². The molecule has 34 heavy (non-hydrogen) atoms. The zero-order valence-electron chi connectivity index (χ0n) is 18.9. The molecule has 1 aliphatic rings. The first-order valence-electron chi connectivity index (χ1n) is 10.8. The van der Waals surface area contributed by atoms with Gasteiger partial charge in [0.05, 0.1) is 29.9 Å². The predicted molar refractivity (Wildman–Crippen MR) is 128 cm³/mol. The van der Waals surface area contributed by atoms with E-state index in [2.05, 4.69) is 5.32 Å². The minimum Gasteiger partial charge on any atom is -0.493 e. The van der Waals surface area contributed by atoms with Crippen LogP contribution >= 0.6 is 0 Å². The molecule has 2 N–H and O–H groups in total. The van der Waals surface area contributed by atoms with Gasteiger partial charge in [-0.2, -0.15) is 0 Å². The van der Waals surface area contributed by atoms with Gasteiger partial charge in [0.1, 0.15) is 6.61 Å². The molecule has 1 amide bonds. The van der Waals surface area contributed by atoms with Crippen molar-refractivity contribution in [2.45, 2.75) is 19.6 Å². The first-order valence-corrected chi connectivity index (χ1v) is 10.8. The smallest absolute Gasteiger partial charge is 0.270 e. The predicted octanol–water partition coefficient (Wildman–Crippen LogP) is 3.92. The van der Waals surface area contributed by atoms with Crippen LogP contribution in [0.1, 0.15) is 27.0 Å². The number of non-ortho nitro benzene ring substituents is 1. The topological polar surface area (TPSA) is 114 Å². The number of para-hydroxylation sites is 1. The number of aliphatic hydroxyl groups is 1. The highest BCUT2D eigenvalue weighted by atomic mass is 16.6. The van der Waals surface area contributed by atoms with E-state index >= 15 is 0 Å². The van der Waals surface area contributed by atoms with Gasteiger partial charge in [0.15, 0.2) is 11.5 Å². The summed E-state index contributed by atoms with van der Waals surface area (Å²) in [6, 6.07) is 15.5. The molecule has 4 rings (SSSR count). The van der Waals surface area contributed by atoms with Gasteiger partial charge in [0.25, 0.3) is 11.6 Å². The summed E-state index contributed by atoms with van der Waals surface area (Å²) in [7, 11) is 3.20. The highest BCUT2D eigenvalue weighted by molar-refractivity contribution is 6.11. The Kier molecular flexibility index (Phi) is 6.65. The van der Waals surface area contributed by atoms with Crippen molar-refractivity contribution in [2.24, 2.45) is 0 Å². The first-order chi connectivity index (χ1) is 16.4. The van der Waals surface area contributed by atoms with Gasteiger partial charge in [-0.15, -0.1) is 0 Å². The van der Waals surface area contributed by atoms with E-state index in [4.69, 9.17) is 9.47 Å². The Balaban J connectivity index is 1.62. The number of hydrogen-bond acceptors (Lipinski definition) is 7. The van der Waals surface area contributed by atoms with Crippen molar-refractivity contribution in [2.75, 3.05) is 30.9 Å². The van der Waals surface area contributed by atoms with E-state index in [9.17, 15) is 20.0 Å². The zero-order chi connectivity index (χ0) is 24.2. The molecule has 3 aromatic rings. The molecule has 0 fully saturated rings. The number of anilines is 2. The number of nitro groups is 1. The minimum absolute atomic E-state index is 0.0149. The number of ether oxygens (including phenoxy) is 2. The van der Waals surface area contributed by atoms with Crippen LogP contribution in [0.15, 0.2) is 54.6 Å². The largest absolute Gasteiger partial charge is 0.493 e.